The summed E-state index contributed by atoms with van der Waals surface area (Å²) in [5, 5.41) is 0.746. The first-order valence-electron chi connectivity index (χ1n) is 5.90. The third-order valence-corrected chi connectivity index (χ3v) is 3.65. The van der Waals surface area contributed by atoms with Gasteiger partial charge in [0.05, 0.1) is 7.11 Å². The van der Waals surface area contributed by atoms with E-state index in [1.807, 2.05) is 18.2 Å². The summed E-state index contributed by atoms with van der Waals surface area (Å²) in [6.45, 7) is 4.87. The normalized spacial score (nSPS) is 18.8. The third kappa shape index (κ3) is 2.73. The van der Waals surface area contributed by atoms with Gasteiger partial charge in [0.2, 0.25) is 0 Å². The van der Waals surface area contributed by atoms with Gasteiger partial charge >= 0.3 is 0 Å². The smallest absolute Gasteiger partial charge is 0.123 e. The molecule has 1 saturated heterocycles. The largest absolute Gasteiger partial charge is 0.496 e. The first kappa shape index (κ1) is 12.7. The monoisotopic (exact) mass is 254 g/mol. The van der Waals surface area contributed by atoms with Gasteiger partial charge in [0, 0.05) is 35.8 Å². The summed E-state index contributed by atoms with van der Waals surface area (Å²) in [4.78, 5) is 2.32. The van der Waals surface area contributed by atoms with Gasteiger partial charge in [-0.25, -0.2) is 0 Å². The molecule has 4 heteroatoms. The van der Waals surface area contributed by atoms with E-state index in [1.54, 1.807) is 7.11 Å². The number of halogens is 1. The quantitative estimate of drug-likeness (QED) is 0.896. The Kier molecular flexibility index (Phi) is 3.61. The molecule has 2 N–H and O–H groups in total. The molecule has 0 unspecified atom stereocenters. The molecule has 0 spiro atoms. The van der Waals surface area contributed by atoms with Crippen LogP contribution in [0.1, 0.15) is 18.9 Å². The summed E-state index contributed by atoms with van der Waals surface area (Å²) in [6, 6.07) is 5.72. The summed E-state index contributed by atoms with van der Waals surface area (Å²) in [5.74, 6) is 0.889. The zero-order chi connectivity index (χ0) is 12.5. The Balaban J connectivity index is 2.02. The molecule has 17 heavy (non-hydrogen) atoms. The molecule has 2 rings (SSSR count). The fourth-order valence-corrected chi connectivity index (χ4v) is 2.49. The zero-order valence-corrected chi connectivity index (χ0v) is 11.1. The van der Waals surface area contributed by atoms with Crippen molar-refractivity contribution >= 4 is 11.6 Å². The molecule has 94 valence electrons. The van der Waals surface area contributed by atoms with Gasteiger partial charge in [0.25, 0.3) is 0 Å². The summed E-state index contributed by atoms with van der Waals surface area (Å²) in [7, 11) is 1.68. The molecule has 0 aliphatic carbocycles. The van der Waals surface area contributed by atoms with Crippen molar-refractivity contribution in [3.63, 3.8) is 0 Å². The van der Waals surface area contributed by atoms with Gasteiger partial charge in [0.15, 0.2) is 0 Å². The number of nitrogens with zero attached hydrogens (tertiary/aromatic N) is 1. The van der Waals surface area contributed by atoms with Gasteiger partial charge < -0.3 is 10.5 Å². The van der Waals surface area contributed by atoms with E-state index < -0.39 is 0 Å². The highest BCUT2D eigenvalue weighted by molar-refractivity contribution is 6.30. The summed E-state index contributed by atoms with van der Waals surface area (Å²) >= 11 is 6.00. The Hall–Kier alpha value is -0.770. The van der Waals surface area contributed by atoms with E-state index in [-0.39, 0.29) is 5.54 Å². The minimum atomic E-state index is 0.00576. The number of likely N-dealkylation sites (tertiary alicyclic amines) is 1. The molecule has 3 nitrogen and oxygen atoms in total. The van der Waals surface area contributed by atoms with Crippen molar-refractivity contribution in [3.8, 4) is 5.75 Å². The van der Waals surface area contributed by atoms with Gasteiger partial charge in [-0.05, 0) is 24.6 Å². The van der Waals surface area contributed by atoms with E-state index in [2.05, 4.69) is 11.8 Å². The van der Waals surface area contributed by atoms with Crippen molar-refractivity contribution in [2.24, 2.45) is 5.73 Å². The molecule has 1 aromatic carbocycles. The number of benzene rings is 1. The topological polar surface area (TPSA) is 38.5 Å². The lowest BCUT2D eigenvalue weighted by Crippen LogP contribution is -2.66. The second kappa shape index (κ2) is 4.84. The van der Waals surface area contributed by atoms with Crippen LogP contribution in [0, 0.1) is 0 Å². The van der Waals surface area contributed by atoms with E-state index in [0.29, 0.717) is 0 Å². The minimum absolute atomic E-state index is 0.00576. The second-order valence-corrected chi connectivity index (χ2v) is 5.25. The van der Waals surface area contributed by atoms with Crippen LogP contribution in [0.25, 0.3) is 0 Å². The van der Waals surface area contributed by atoms with Crippen molar-refractivity contribution in [3.05, 3.63) is 28.8 Å². The molecule has 1 aromatic rings. The highest BCUT2D eigenvalue weighted by atomic mass is 35.5. The molecule has 0 bridgehead atoms. The second-order valence-electron chi connectivity index (χ2n) is 4.82. The number of ether oxygens (including phenoxy) is 1. The van der Waals surface area contributed by atoms with E-state index in [1.165, 1.54) is 0 Å². The first-order valence-corrected chi connectivity index (χ1v) is 6.28. The van der Waals surface area contributed by atoms with Crippen molar-refractivity contribution in [2.45, 2.75) is 25.4 Å². The minimum Gasteiger partial charge on any atom is -0.496 e. The van der Waals surface area contributed by atoms with Crippen molar-refractivity contribution in [2.75, 3.05) is 20.2 Å². The Morgan fingerprint density at radius 3 is 2.76 bits per heavy atom. The molecule has 1 aliphatic rings. The average Bonchev–Trinajstić information content (AvgIpc) is 2.27. The number of methoxy groups -OCH3 is 1. The van der Waals surface area contributed by atoms with Crippen LogP contribution in [0.15, 0.2) is 18.2 Å². The summed E-state index contributed by atoms with van der Waals surface area (Å²) in [5.41, 5.74) is 7.28. The third-order valence-electron chi connectivity index (χ3n) is 3.42. The van der Waals surface area contributed by atoms with E-state index >= 15 is 0 Å². The molecule has 1 fully saturated rings. The maximum Gasteiger partial charge on any atom is 0.123 e. The predicted molar refractivity (Wildman–Crippen MR) is 70.5 cm³/mol. The lowest BCUT2D eigenvalue weighted by atomic mass is 9.88. The SMILES string of the molecule is CCC1(N)CN(Cc2cc(Cl)ccc2OC)C1. The maximum absolute atomic E-state index is 6.15. The summed E-state index contributed by atoms with van der Waals surface area (Å²) < 4.78 is 5.33. The molecule has 1 aliphatic heterocycles. The zero-order valence-electron chi connectivity index (χ0n) is 10.4. The van der Waals surface area contributed by atoms with E-state index in [0.717, 1.165) is 42.4 Å². The molecule has 0 saturated carbocycles. The van der Waals surface area contributed by atoms with Gasteiger partial charge in [-0.3, -0.25) is 4.90 Å². The maximum atomic E-state index is 6.15. The first-order chi connectivity index (χ1) is 8.06. The molecule has 0 aromatic heterocycles. The Bertz CT molecular complexity index is 402. The van der Waals surface area contributed by atoms with Crippen molar-refractivity contribution in [1.82, 2.24) is 4.90 Å². The highest BCUT2D eigenvalue weighted by Gasteiger charge is 2.37. The van der Waals surface area contributed by atoms with Gasteiger partial charge in [-0.15, -0.1) is 0 Å². The van der Waals surface area contributed by atoms with Gasteiger partial charge in [-0.1, -0.05) is 18.5 Å². The standard InChI is InChI=1S/C13H19ClN2O/c1-3-13(15)8-16(9-13)7-10-6-11(14)4-5-12(10)17-2/h4-6H,3,7-9,15H2,1-2H3. The molecular formula is C13H19ClN2O. The fraction of sp³-hybridized carbons (Fsp3) is 0.538. The lowest BCUT2D eigenvalue weighted by molar-refractivity contribution is 0.0600. The fourth-order valence-electron chi connectivity index (χ4n) is 2.29. The number of nitrogens with two attached hydrogens (primary N) is 1. The molecule has 0 radical (unpaired) electrons. The average molecular weight is 255 g/mol. The van der Waals surface area contributed by atoms with Crippen molar-refractivity contribution in [1.29, 1.82) is 0 Å². The summed E-state index contributed by atoms with van der Waals surface area (Å²) in [6.07, 6.45) is 1.02. The Morgan fingerprint density at radius 2 is 2.18 bits per heavy atom. The predicted octanol–water partition coefficient (Wildman–Crippen LogP) is 2.27. The van der Waals surface area contributed by atoms with Gasteiger partial charge in [-0.2, -0.15) is 0 Å². The number of hydrogen-bond acceptors (Lipinski definition) is 3. The van der Waals surface area contributed by atoms with Crippen molar-refractivity contribution < 1.29 is 4.74 Å². The van der Waals surface area contributed by atoms with Crippen LogP contribution in [0.4, 0.5) is 0 Å². The van der Waals surface area contributed by atoms with Crippen LogP contribution in [0.3, 0.4) is 0 Å². The highest BCUT2D eigenvalue weighted by Crippen LogP contribution is 2.28. The molecule has 0 atom stereocenters. The van der Waals surface area contributed by atoms with Crippen LogP contribution < -0.4 is 10.5 Å². The molecule has 1 heterocycles. The Morgan fingerprint density at radius 1 is 1.47 bits per heavy atom. The van der Waals surface area contributed by atoms with Crippen LogP contribution in [0.5, 0.6) is 5.75 Å². The van der Waals surface area contributed by atoms with E-state index in [4.69, 9.17) is 22.1 Å². The van der Waals surface area contributed by atoms with Crippen LogP contribution in [-0.4, -0.2) is 30.6 Å². The van der Waals surface area contributed by atoms with Gasteiger partial charge in [0.1, 0.15) is 5.75 Å². The molecular weight excluding hydrogens is 236 g/mol. The van der Waals surface area contributed by atoms with Crippen LogP contribution >= 0.6 is 11.6 Å². The number of rotatable bonds is 4. The molecule has 0 amide bonds. The number of hydrogen-bond donors (Lipinski definition) is 1. The van der Waals surface area contributed by atoms with E-state index in [9.17, 15) is 0 Å². The Labute approximate surface area is 107 Å². The lowest BCUT2D eigenvalue weighted by Gasteiger charge is -2.47. The van der Waals surface area contributed by atoms with Crippen LogP contribution in [0.2, 0.25) is 5.02 Å². The van der Waals surface area contributed by atoms with Crippen LogP contribution in [-0.2, 0) is 6.54 Å².